The van der Waals surface area contributed by atoms with Crippen LogP contribution in [0.4, 0.5) is 0 Å². The number of nitrogens with one attached hydrogen (secondary N) is 1. The summed E-state index contributed by atoms with van der Waals surface area (Å²) in [6, 6.07) is 0. The number of carbonyl (C=O) groups is 1. The molecule has 4 heteroatoms. The third-order valence-corrected chi connectivity index (χ3v) is 1.84. The first-order valence-electron chi connectivity index (χ1n) is 4.07. The number of aliphatic carboxylic acids is 1. The average molecular weight is 180 g/mol. The summed E-state index contributed by atoms with van der Waals surface area (Å²) >= 11 is 0. The molecule has 0 spiro atoms. The number of carboxylic acids is 1. The third kappa shape index (κ3) is 2.43. The molecular weight excluding hydrogens is 168 g/mol. The highest BCUT2D eigenvalue weighted by Gasteiger charge is 2.13. The lowest BCUT2D eigenvalue weighted by molar-refractivity contribution is -0.135. The Labute approximate surface area is 76.3 Å². The molecule has 4 N–H and O–H groups in total. The highest BCUT2D eigenvalue weighted by Crippen LogP contribution is 2.16. The van der Waals surface area contributed by atoms with Crippen LogP contribution in [0.5, 0.6) is 0 Å². The maximum absolute atomic E-state index is 10.3. The molecule has 0 fully saturated rings. The van der Waals surface area contributed by atoms with Crippen molar-refractivity contribution in [2.45, 2.75) is 19.3 Å². The van der Waals surface area contributed by atoms with Crippen LogP contribution in [-0.4, -0.2) is 16.8 Å². The van der Waals surface area contributed by atoms with E-state index in [4.69, 9.17) is 16.2 Å². The highest BCUT2D eigenvalue weighted by atomic mass is 16.4. The maximum Gasteiger partial charge on any atom is 0.309 e. The zero-order chi connectivity index (χ0) is 9.84. The first-order chi connectivity index (χ1) is 6.11. The smallest absolute Gasteiger partial charge is 0.309 e. The van der Waals surface area contributed by atoms with Gasteiger partial charge in [-0.3, -0.25) is 4.79 Å². The molecule has 0 heterocycles. The van der Waals surface area contributed by atoms with Gasteiger partial charge in [-0.25, -0.2) is 0 Å². The predicted molar refractivity (Wildman–Crippen MR) is 49.6 cm³/mol. The maximum atomic E-state index is 10.3. The van der Waals surface area contributed by atoms with E-state index in [0.29, 0.717) is 11.3 Å². The van der Waals surface area contributed by atoms with Gasteiger partial charge in [-0.05, 0) is 12.8 Å². The molecule has 1 aliphatic carbocycles. The van der Waals surface area contributed by atoms with Gasteiger partial charge in [0.15, 0.2) is 0 Å². The molecule has 0 radical (unpaired) electrons. The van der Waals surface area contributed by atoms with Crippen molar-refractivity contribution in [1.82, 2.24) is 0 Å². The second-order valence-electron chi connectivity index (χ2n) is 2.90. The Balaban J connectivity index is 2.71. The summed E-state index contributed by atoms with van der Waals surface area (Å²) in [5.74, 6) is -0.996. The SMILES string of the molecule is N=C(CC(=O)O)C1=CCCC=C1N. The molecule has 4 nitrogen and oxygen atoms in total. The monoisotopic (exact) mass is 180 g/mol. The van der Waals surface area contributed by atoms with Crippen molar-refractivity contribution in [3.05, 3.63) is 23.4 Å². The van der Waals surface area contributed by atoms with Gasteiger partial charge < -0.3 is 16.2 Å². The molecule has 0 aromatic rings. The lowest BCUT2D eigenvalue weighted by atomic mass is 9.98. The van der Waals surface area contributed by atoms with E-state index in [-0.39, 0.29) is 12.1 Å². The van der Waals surface area contributed by atoms with Crippen LogP contribution >= 0.6 is 0 Å². The standard InChI is InChI=1S/C9H12N2O2/c10-7-4-2-1-3-6(7)8(11)5-9(12)13/h3-4,11H,1-2,5,10H2,(H,12,13). The fraction of sp³-hybridized carbons (Fsp3) is 0.333. The van der Waals surface area contributed by atoms with Crippen molar-refractivity contribution >= 4 is 11.7 Å². The zero-order valence-corrected chi connectivity index (χ0v) is 7.21. The molecular formula is C9H12N2O2. The minimum Gasteiger partial charge on any atom is -0.481 e. The minimum absolute atomic E-state index is 0.0842. The van der Waals surface area contributed by atoms with Crippen molar-refractivity contribution < 1.29 is 9.90 Å². The van der Waals surface area contributed by atoms with Gasteiger partial charge in [0, 0.05) is 11.3 Å². The van der Waals surface area contributed by atoms with Gasteiger partial charge in [0.25, 0.3) is 0 Å². The van der Waals surface area contributed by atoms with E-state index in [9.17, 15) is 4.79 Å². The van der Waals surface area contributed by atoms with Crippen LogP contribution in [0.2, 0.25) is 0 Å². The summed E-state index contributed by atoms with van der Waals surface area (Å²) in [5.41, 5.74) is 6.80. The van der Waals surface area contributed by atoms with Gasteiger partial charge in [0.2, 0.25) is 0 Å². The van der Waals surface area contributed by atoms with Crippen LogP contribution in [0, 0.1) is 5.41 Å². The summed E-state index contributed by atoms with van der Waals surface area (Å²) in [4.78, 5) is 10.3. The van der Waals surface area contributed by atoms with Crippen molar-refractivity contribution in [3.8, 4) is 0 Å². The average Bonchev–Trinajstić information content (AvgIpc) is 2.03. The molecule has 0 atom stereocenters. The normalized spacial score (nSPS) is 16.0. The fourth-order valence-electron chi connectivity index (χ4n) is 1.24. The summed E-state index contributed by atoms with van der Waals surface area (Å²) < 4.78 is 0. The molecule has 0 aromatic heterocycles. The number of nitrogens with two attached hydrogens (primary N) is 1. The molecule has 0 saturated heterocycles. The van der Waals surface area contributed by atoms with Gasteiger partial charge in [0.05, 0.1) is 12.1 Å². The lowest BCUT2D eigenvalue weighted by Crippen LogP contribution is -2.15. The summed E-state index contributed by atoms with van der Waals surface area (Å²) in [6.07, 6.45) is 5.08. The molecule has 0 bridgehead atoms. The molecule has 1 aliphatic rings. The fourth-order valence-corrected chi connectivity index (χ4v) is 1.24. The van der Waals surface area contributed by atoms with E-state index in [1.54, 1.807) is 0 Å². The summed E-state index contributed by atoms with van der Waals surface area (Å²) in [7, 11) is 0. The van der Waals surface area contributed by atoms with Crippen LogP contribution < -0.4 is 5.73 Å². The largest absolute Gasteiger partial charge is 0.481 e. The van der Waals surface area contributed by atoms with Crippen LogP contribution in [0.15, 0.2) is 23.4 Å². The minimum atomic E-state index is -0.996. The molecule has 0 unspecified atom stereocenters. The number of hydrogen-bond acceptors (Lipinski definition) is 3. The summed E-state index contributed by atoms with van der Waals surface area (Å²) in [6.45, 7) is 0. The topological polar surface area (TPSA) is 87.2 Å². The van der Waals surface area contributed by atoms with Crippen molar-refractivity contribution in [2.75, 3.05) is 0 Å². The molecule has 0 aliphatic heterocycles. The molecule has 1 rings (SSSR count). The first-order valence-corrected chi connectivity index (χ1v) is 4.07. The molecule has 70 valence electrons. The Hall–Kier alpha value is -1.58. The van der Waals surface area contributed by atoms with E-state index in [1.165, 1.54) is 0 Å². The Kier molecular flexibility index (Phi) is 2.84. The van der Waals surface area contributed by atoms with E-state index in [2.05, 4.69) is 0 Å². The van der Waals surface area contributed by atoms with E-state index >= 15 is 0 Å². The number of hydrogen-bond donors (Lipinski definition) is 3. The lowest BCUT2D eigenvalue weighted by Gasteiger charge is -2.11. The molecule has 13 heavy (non-hydrogen) atoms. The number of rotatable bonds is 3. The zero-order valence-electron chi connectivity index (χ0n) is 7.21. The Morgan fingerprint density at radius 2 is 2.15 bits per heavy atom. The van der Waals surface area contributed by atoms with E-state index < -0.39 is 5.97 Å². The van der Waals surface area contributed by atoms with Crippen molar-refractivity contribution in [2.24, 2.45) is 5.73 Å². The van der Waals surface area contributed by atoms with Gasteiger partial charge in [0.1, 0.15) is 0 Å². The molecule has 0 amide bonds. The van der Waals surface area contributed by atoms with Crippen LogP contribution in [0.3, 0.4) is 0 Å². The quantitative estimate of drug-likeness (QED) is 0.567. The van der Waals surface area contributed by atoms with Gasteiger partial charge >= 0.3 is 5.97 Å². The first kappa shape index (κ1) is 9.51. The number of allylic oxidation sites excluding steroid dienone is 3. The van der Waals surface area contributed by atoms with Crippen LogP contribution in [0.1, 0.15) is 19.3 Å². The predicted octanol–water partition coefficient (Wildman–Crippen LogP) is 1.04. The third-order valence-electron chi connectivity index (χ3n) is 1.84. The Morgan fingerprint density at radius 3 is 2.69 bits per heavy atom. The van der Waals surface area contributed by atoms with Gasteiger partial charge in [-0.2, -0.15) is 0 Å². The Bertz CT molecular complexity index is 303. The molecule has 0 saturated carbocycles. The summed E-state index contributed by atoms with van der Waals surface area (Å²) in [5, 5.41) is 15.9. The van der Waals surface area contributed by atoms with E-state index in [0.717, 1.165) is 12.8 Å². The van der Waals surface area contributed by atoms with E-state index in [1.807, 2.05) is 12.2 Å². The van der Waals surface area contributed by atoms with Gasteiger partial charge in [-0.15, -0.1) is 0 Å². The Morgan fingerprint density at radius 1 is 1.54 bits per heavy atom. The second kappa shape index (κ2) is 3.89. The van der Waals surface area contributed by atoms with Gasteiger partial charge in [-0.1, -0.05) is 12.2 Å². The van der Waals surface area contributed by atoms with Crippen molar-refractivity contribution in [1.29, 1.82) is 5.41 Å². The van der Waals surface area contributed by atoms with Crippen LogP contribution in [0.25, 0.3) is 0 Å². The highest BCUT2D eigenvalue weighted by molar-refractivity contribution is 6.09. The molecule has 0 aromatic carbocycles. The van der Waals surface area contributed by atoms with Crippen molar-refractivity contribution in [3.63, 3.8) is 0 Å². The van der Waals surface area contributed by atoms with Crippen LogP contribution in [-0.2, 0) is 4.79 Å². The number of carboxylic acid groups (broad SMARTS) is 1. The second-order valence-corrected chi connectivity index (χ2v) is 2.90.